The summed E-state index contributed by atoms with van der Waals surface area (Å²) in [5.74, 6) is 0. The van der Waals surface area contributed by atoms with Crippen LogP contribution in [0.2, 0.25) is 0 Å². The zero-order valence-corrected chi connectivity index (χ0v) is 10.4. The standard InChI is InChI=1S/C16H20N/c1-5-14-10-16(17(4)11-13(14)3)15-9-7-6-8-12(15)2/h6-11H,5H2,1-4H3/q+1/i3D3,5D2. The van der Waals surface area contributed by atoms with Crippen LogP contribution in [0.25, 0.3) is 11.3 Å². The van der Waals surface area contributed by atoms with Crippen LogP contribution in [0.4, 0.5) is 0 Å². The third-order valence-electron chi connectivity index (χ3n) is 2.96. The predicted molar refractivity (Wildman–Crippen MR) is 71.9 cm³/mol. The second kappa shape index (κ2) is 4.70. The topological polar surface area (TPSA) is 3.88 Å². The molecule has 2 aromatic rings. The molecule has 0 unspecified atom stereocenters. The molecule has 0 bridgehead atoms. The van der Waals surface area contributed by atoms with Crippen LogP contribution < -0.4 is 4.57 Å². The third kappa shape index (κ3) is 2.23. The third-order valence-corrected chi connectivity index (χ3v) is 2.96. The number of hydrogen-bond donors (Lipinski definition) is 0. The number of nitrogens with zero attached hydrogens (tertiary/aromatic N) is 1. The molecule has 0 aliphatic carbocycles. The Kier molecular flexibility index (Phi) is 1.92. The van der Waals surface area contributed by atoms with Crippen LogP contribution in [-0.4, -0.2) is 0 Å². The highest BCUT2D eigenvalue weighted by Gasteiger charge is 2.14. The van der Waals surface area contributed by atoms with E-state index in [1.54, 1.807) is 17.7 Å². The lowest BCUT2D eigenvalue weighted by Gasteiger charge is -2.07. The van der Waals surface area contributed by atoms with Crippen molar-refractivity contribution in [1.29, 1.82) is 0 Å². The van der Waals surface area contributed by atoms with Crippen molar-refractivity contribution in [2.75, 3.05) is 0 Å². The predicted octanol–water partition coefficient (Wildman–Crippen LogP) is 3.36. The molecule has 0 spiro atoms. The molecule has 1 aromatic heterocycles. The summed E-state index contributed by atoms with van der Waals surface area (Å²) in [5.41, 5.74) is 3.09. The molecule has 0 saturated heterocycles. The van der Waals surface area contributed by atoms with E-state index >= 15 is 0 Å². The highest BCUT2D eigenvalue weighted by molar-refractivity contribution is 5.61. The first-order chi connectivity index (χ1) is 10.0. The van der Waals surface area contributed by atoms with E-state index in [-0.39, 0.29) is 11.1 Å². The van der Waals surface area contributed by atoms with Gasteiger partial charge in [0.05, 0.1) is 0 Å². The minimum absolute atomic E-state index is 0.0554. The fourth-order valence-corrected chi connectivity index (χ4v) is 1.98. The van der Waals surface area contributed by atoms with Crippen molar-refractivity contribution in [3.8, 4) is 11.3 Å². The smallest absolute Gasteiger partial charge is 0.201 e. The SMILES string of the molecule is [2H]C([2H])([2H])c1c[n+](C)c(-c2ccccc2C)cc1C([2H])([2H])C. The van der Waals surface area contributed by atoms with Crippen molar-refractivity contribution in [3.05, 3.63) is 53.2 Å². The van der Waals surface area contributed by atoms with E-state index in [1.807, 2.05) is 31.2 Å². The number of pyridine rings is 1. The quantitative estimate of drug-likeness (QED) is 0.698. The van der Waals surface area contributed by atoms with Gasteiger partial charge in [0.15, 0.2) is 6.20 Å². The second-order valence-corrected chi connectivity index (χ2v) is 4.16. The van der Waals surface area contributed by atoms with E-state index in [4.69, 9.17) is 6.85 Å². The Hall–Kier alpha value is -1.63. The van der Waals surface area contributed by atoms with E-state index < -0.39 is 13.2 Å². The van der Waals surface area contributed by atoms with E-state index in [0.29, 0.717) is 0 Å². The summed E-state index contributed by atoms with van der Waals surface area (Å²) in [6.45, 7) is 1.02. The van der Waals surface area contributed by atoms with Crippen LogP contribution in [-0.2, 0) is 13.4 Å². The van der Waals surface area contributed by atoms with Gasteiger partial charge in [-0.05, 0) is 37.3 Å². The van der Waals surface area contributed by atoms with Gasteiger partial charge in [0.1, 0.15) is 7.05 Å². The maximum Gasteiger partial charge on any atom is 0.212 e. The maximum absolute atomic E-state index is 7.98. The van der Waals surface area contributed by atoms with Crippen molar-refractivity contribution in [1.82, 2.24) is 0 Å². The molecular formula is C16H20N+. The number of aryl methyl sites for hydroxylation is 4. The molecule has 2 rings (SSSR count). The van der Waals surface area contributed by atoms with Crippen molar-refractivity contribution in [2.45, 2.75) is 27.1 Å². The lowest BCUT2D eigenvalue weighted by Crippen LogP contribution is -2.31. The minimum atomic E-state index is -2.35. The molecule has 0 aliphatic heterocycles. The summed E-state index contributed by atoms with van der Waals surface area (Å²) in [5, 5.41) is 0. The Morgan fingerprint density at radius 3 is 2.71 bits per heavy atom. The normalized spacial score (nSPS) is 16.5. The molecule has 0 amide bonds. The number of rotatable bonds is 2. The molecule has 0 N–H and O–H groups in total. The minimum Gasteiger partial charge on any atom is -0.201 e. The lowest BCUT2D eigenvalue weighted by molar-refractivity contribution is -0.660. The Bertz CT molecular complexity index is 699. The van der Waals surface area contributed by atoms with Gasteiger partial charge in [0, 0.05) is 24.0 Å². The Balaban J connectivity index is 2.77. The zero-order valence-electron chi connectivity index (χ0n) is 15.4. The first-order valence-corrected chi connectivity index (χ1v) is 5.62. The molecule has 17 heavy (non-hydrogen) atoms. The van der Waals surface area contributed by atoms with Gasteiger partial charge in [-0.3, -0.25) is 0 Å². The molecule has 0 radical (unpaired) electrons. The summed E-state index contributed by atoms with van der Waals surface area (Å²) in [7, 11) is 1.78. The number of aromatic nitrogens is 1. The van der Waals surface area contributed by atoms with Crippen LogP contribution in [0.3, 0.4) is 0 Å². The Morgan fingerprint density at radius 1 is 1.29 bits per heavy atom. The molecule has 0 atom stereocenters. The summed E-state index contributed by atoms with van der Waals surface area (Å²) >= 11 is 0. The monoisotopic (exact) mass is 231 g/mol. The molecular weight excluding hydrogens is 206 g/mol. The van der Waals surface area contributed by atoms with Crippen LogP contribution in [0.1, 0.15) is 30.5 Å². The van der Waals surface area contributed by atoms with Gasteiger partial charge >= 0.3 is 0 Å². The van der Waals surface area contributed by atoms with Crippen LogP contribution in [0.5, 0.6) is 0 Å². The van der Waals surface area contributed by atoms with Gasteiger partial charge in [-0.1, -0.05) is 25.1 Å². The molecule has 1 heteroatoms. The van der Waals surface area contributed by atoms with E-state index in [9.17, 15) is 0 Å². The zero-order chi connectivity index (χ0) is 16.7. The molecule has 0 aliphatic rings. The summed E-state index contributed by atoms with van der Waals surface area (Å²) in [4.78, 5) is 0. The van der Waals surface area contributed by atoms with E-state index in [0.717, 1.165) is 16.8 Å². The van der Waals surface area contributed by atoms with Gasteiger partial charge in [-0.15, -0.1) is 0 Å². The van der Waals surface area contributed by atoms with E-state index in [2.05, 4.69) is 0 Å². The highest BCUT2D eigenvalue weighted by Crippen LogP contribution is 2.21. The van der Waals surface area contributed by atoms with Gasteiger partial charge in [-0.2, -0.15) is 0 Å². The van der Waals surface area contributed by atoms with Gasteiger partial charge in [0.2, 0.25) is 5.69 Å². The maximum atomic E-state index is 7.98. The summed E-state index contributed by atoms with van der Waals surface area (Å²) < 4.78 is 40.7. The van der Waals surface area contributed by atoms with Crippen LogP contribution in [0.15, 0.2) is 36.5 Å². The summed E-state index contributed by atoms with van der Waals surface area (Å²) in [6, 6.07) is 9.45. The van der Waals surface area contributed by atoms with Crippen molar-refractivity contribution < 1.29 is 11.4 Å². The largest absolute Gasteiger partial charge is 0.212 e. The average molecular weight is 231 g/mol. The van der Waals surface area contributed by atoms with Crippen molar-refractivity contribution >= 4 is 0 Å². The Morgan fingerprint density at radius 2 is 2.06 bits per heavy atom. The van der Waals surface area contributed by atoms with E-state index in [1.165, 1.54) is 13.1 Å². The molecule has 1 aromatic carbocycles. The molecule has 88 valence electrons. The Labute approximate surface area is 111 Å². The number of hydrogen-bond acceptors (Lipinski definition) is 0. The fraction of sp³-hybridized carbons (Fsp3) is 0.312. The number of benzene rings is 1. The van der Waals surface area contributed by atoms with Crippen LogP contribution in [0, 0.1) is 13.8 Å². The molecule has 1 heterocycles. The first-order valence-electron chi connectivity index (χ1n) is 8.12. The fourth-order valence-electron chi connectivity index (χ4n) is 1.98. The van der Waals surface area contributed by atoms with Gasteiger partial charge in [0.25, 0.3) is 0 Å². The highest BCUT2D eigenvalue weighted by atomic mass is 14.9. The van der Waals surface area contributed by atoms with Crippen molar-refractivity contribution in [3.63, 3.8) is 0 Å². The van der Waals surface area contributed by atoms with Crippen molar-refractivity contribution in [2.24, 2.45) is 7.05 Å². The molecule has 0 saturated carbocycles. The van der Waals surface area contributed by atoms with Crippen LogP contribution >= 0.6 is 0 Å². The molecule has 1 nitrogen and oxygen atoms in total. The van der Waals surface area contributed by atoms with Gasteiger partial charge in [-0.25, -0.2) is 4.57 Å². The average Bonchev–Trinajstić information content (AvgIpc) is 2.37. The lowest BCUT2D eigenvalue weighted by atomic mass is 10.0. The summed E-state index contributed by atoms with van der Waals surface area (Å²) in [6.07, 6.45) is -0.207. The first kappa shape index (κ1) is 6.95. The second-order valence-electron chi connectivity index (χ2n) is 4.16. The van der Waals surface area contributed by atoms with Gasteiger partial charge < -0.3 is 0 Å². The molecule has 0 fully saturated rings.